The van der Waals surface area contributed by atoms with Crippen molar-refractivity contribution in [3.63, 3.8) is 0 Å². The lowest BCUT2D eigenvalue weighted by atomic mass is 9.94. The van der Waals surface area contributed by atoms with Crippen molar-refractivity contribution in [3.8, 4) is 23.0 Å². The van der Waals surface area contributed by atoms with Gasteiger partial charge in [-0.1, -0.05) is 12.1 Å². The zero-order chi connectivity index (χ0) is 14.3. The van der Waals surface area contributed by atoms with Crippen LogP contribution in [0.1, 0.15) is 17.2 Å². The summed E-state index contributed by atoms with van der Waals surface area (Å²) in [5.41, 5.74) is 1.10. The first-order valence-electron chi connectivity index (χ1n) is 6.23. The Bertz CT molecular complexity index is 653. The topological polar surface area (TPSA) is 90.2 Å². The molecule has 20 heavy (non-hydrogen) atoms. The number of hydrogen-bond donors (Lipinski definition) is 4. The average molecular weight is 274 g/mol. The standard InChI is InChI=1S/C15H14O5/c16-9-3-1-2-8(4-9)15-13(19)7-11-12(18)5-10(17)6-14(11)20-15/h1-6,13,15-19H,7H2/t13-,15-/m1/s1. The molecule has 5 nitrogen and oxygen atoms in total. The summed E-state index contributed by atoms with van der Waals surface area (Å²) in [6.45, 7) is 0. The lowest BCUT2D eigenvalue weighted by molar-refractivity contribution is 0.0197. The molecule has 2 aromatic carbocycles. The Hall–Kier alpha value is -2.40. The van der Waals surface area contributed by atoms with E-state index in [-0.39, 0.29) is 23.7 Å². The summed E-state index contributed by atoms with van der Waals surface area (Å²) in [5, 5.41) is 38.9. The van der Waals surface area contributed by atoms with E-state index in [2.05, 4.69) is 0 Å². The minimum atomic E-state index is -0.847. The van der Waals surface area contributed by atoms with E-state index in [0.29, 0.717) is 16.9 Å². The molecule has 4 N–H and O–H groups in total. The predicted molar refractivity (Wildman–Crippen MR) is 71.0 cm³/mol. The molecule has 0 saturated carbocycles. The summed E-state index contributed by atoms with van der Waals surface area (Å²) in [6.07, 6.45) is -1.29. The molecule has 0 fully saturated rings. The van der Waals surface area contributed by atoms with E-state index >= 15 is 0 Å². The molecule has 0 saturated heterocycles. The third-order valence-electron chi connectivity index (χ3n) is 3.39. The van der Waals surface area contributed by atoms with E-state index in [0.717, 1.165) is 0 Å². The largest absolute Gasteiger partial charge is 0.508 e. The zero-order valence-corrected chi connectivity index (χ0v) is 10.5. The molecule has 0 unspecified atom stereocenters. The number of aromatic hydroxyl groups is 3. The van der Waals surface area contributed by atoms with Gasteiger partial charge in [0.1, 0.15) is 29.1 Å². The molecule has 104 valence electrons. The molecule has 3 rings (SSSR count). The number of hydrogen-bond acceptors (Lipinski definition) is 5. The summed E-state index contributed by atoms with van der Waals surface area (Å²) in [6, 6.07) is 9.06. The van der Waals surface area contributed by atoms with Crippen LogP contribution in [0.4, 0.5) is 0 Å². The van der Waals surface area contributed by atoms with Gasteiger partial charge in [-0.25, -0.2) is 0 Å². The van der Waals surface area contributed by atoms with Crippen LogP contribution in [0.3, 0.4) is 0 Å². The molecule has 0 aromatic heterocycles. The second kappa shape index (κ2) is 4.61. The van der Waals surface area contributed by atoms with Gasteiger partial charge in [-0.15, -0.1) is 0 Å². The van der Waals surface area contributed by atoms with Gasteiger partial charge in [0, 0.05) is 24.1 Å². The summed E-state index contributed by atoms with van der Waals surface area (Å²) < 4.78 is 5.67. The fourth-order valence-corrected chi connectivity index (χ4v) is 2.45. The Balaban J connectivity index is 2.00. The zero-order valence-electron chi connectivity index (χ0n) is 10.5. The molecule has 0 spiro atoms. The van der Waals surface area contributed by atoms with E-state index < -0.39 is 12.2 Å². The normalized spacial score (nSPS) is 21.1. The first-order valence-corrected chi connectivity index (χ1v) is 6.23. The minimum absolute atomic E-state index is 0.0860. The molecule has 5 heteroatoms. The number of aliphatic hydroxyl groups is 1. The number of rotatable bonds is 1. The molecule has 1 aliphatic rings. The highest BCUT2D eigenvalue weighted by Gasteiger charge is 2.32. The average Bonchev–Trinajstić information content (AvgIpc) is 2.39. The highest BCUT2D eigenvalue weighted by atomic mass is 16.5. The number of aliphatic hydroxyl groups excluding tert-OH is 1. The van der Waals surface area contributed by atoms with Gasteiger partial charge in [-0.2, -0.15) is 0 Å². The highest BCUT2D eigenvalue weighted by Crippen LogP contribution is 2.41. The second-order valence-electron chi connectivity index (χ2n) is 4.85. The van der Waals surface area contributed by atoms with Crippen LogP contribution in [0.2, 0.25) is 0 Å². The highest BCUT2D eigenvalue weighted by molar-refractivity contribution is 5.51. The van der Waals surface area contributed by atoms with E-state index in [1.165, 1.54) is 24.3 Å². The minimum Gasteiger partial charge on any atom is -0.508 e. The van der Waals surface area contributed by atoms with Crippen LogP contribution in [0.25, 0.3) is 0 Å². The molecule has 0 bridgehead atoms. The van der Waals surface area contributed by atoms with Crippen molar-refractivity contribution in [1.82, 2.24) is 0 Å². The van der Waals surface area contributed by atoms with Crippen LogP contribution in [0.15, 0.2) is 36.4 Å². The Morgan fingerprint density at radius 1 is 1.00 bits per heavy atom. The van der Waals surface area contributed by atoms with Crippen molar-refractivity contribution in [2.75, 3.05) is 0 Å². The fraction of sp³-hybridized carbons (Fsp3) is 0.200. The smallest absolute Gasteiger partial charge is 0.150 e. The van der Waals surface area contributed by atoms with Gasteiger partial charge < -0.3 is 25.2 Å². The Labute approximate surface area is 115 Å². The van der Waals surface area contributed by atoms with E-state index in [1.807, 2.05) is 0 Å². The fourth-order valence-electron chi connectivity index (χ4n) is 2.45. The quantitative estimate of drug-likeness (QED) is 0.637. The molecule has 2 atom stereocenters. The van der Waals surface area contributed by atoms with Crippen molar-refractivity contribution in [2.24, 2.45) is 0 Å². The molecule has 0 radical (unpaired) electrons. The van der Waals surface area contributed by atoms with Crippen LogP contribution >= 0.6 is 0 Å². The molecule has 0 amide bonds. The van der Waals surface area contributed by atoms with Crippen LogP contribution in [0, 0.1) is 0 Å². The maximum Gasteiger partial charge on any atom is 0.150 e. The Morgan fingerprint density at radius 2 is 1.80 bits per heavy atom. The lowest BCUT2D eigenvalue weighted by Gasteiger charge is -2.31. The Kier molecular flexibility index (Phi) is 2.91. The molecule has 1 heterocycles. The van der Waals surface area contributed by atoms with Crippen molar-refractivity contribution < 1.29 is 25.2 Å². The molecular weight excluding hydrogens is 260 g/mol. The van der Waals surface area contributed by atoms with Crippen LogP contribution in [-0.4, -0.2) is 26.5 Å². The van der Waals surface area contributed by atoms with Gasteiger partial charge in [-0.3, -0.25) is 0 Å². The van der Waals surface area contributed by atoms with Gasteiger partial charge >= 0.3 is 0 Å². The monoisotopic (exact) mass is 274 g/mol. The Morgan fingerprint density at radius 3 is 2.55 bits per heavy atom. The lowest BCUT2D eigenvalue weighted by Crippen LogP contribution is -2.30. The van der Waals surface area contributed by atoms with E-state index in [1.54, 1.807) is 12.1 Å². The number of phenols is 3. The maximum absolute atomic E-state index is 10.2. The van der Waals surface area contributed by atoms with Gasteiger partial charge in [0.2, 0.25) is 0 Å². The maximum atomic E-state index is 10.2. The third-order valence-corrected chi connectivity index (χ3v) is 3.39. The summed E-state index contributed by atoms with van der Waals surface area (Å²) in [5.74, 6) is 0.213. The van der Waals surface area contributed by atoms with Crippen molar-refractivity contribution in [3.05, 3.63) is 47.5 Å². The SMILES string of the molecule is Oc1cccc([C@H]2Oc3cc(O)cc(O)c3C[C@H]2O)c1. The van der Waals surface area contributed by atoms with Crippen molar-refractivity contribution >= 4 is 0 Å². The third kappa shape index (κ3) is 2.12. The number of phenolic OH excluding ortho intramolecular Hbond substituents is 3. The van der Waals surface area contributed by atoms with E-state index in [4.69, 9.17) is 4.74 Å². The second-order valence-corrected chi connectivity index (χ2v) is 4.85. The van der Waals surface area contributed by atoms with Gasteiger partial charge in [0.05, 0.1) is 6.10 Å². The number of fused-ring (bicyclic) bond motifs is 1. The number of ether oxygens (including phenoxy) is 1. The molecular formula is C15H14O5. The van der Waals surface area contributed by atoms with Crippen molar-refractivity contribution in [2.45, 2.75) is 18.6 Å². The predicted octanol–water partition coefficient (Wildman–Crippen LogP) is 1.84. The van der Waals surface area contributed by atoms with Gasteiger partial charge in [-0.05, 0) is 17.7 Å². The van der Waals surface area contributed by atoms with Crippen LogP contribution in [-0.2, 0) is 6.42 Å². The van der Waals surface area contributed by atoms with Gasteiger partial charge in [0.25, 0.3) is 0 Å². The molecule has 2 aromatic rings. The number of benzene rings is 2. The first kappa shape index (κ1) is 12.6. The summed E-state index contributed by atoms with van der Waals surface area (Å²) in [7, 11) is 0. The molecule has 0 aliphatic carbocycles. The summed E-state index contributed by atoms with van der Waals surface area (Å²) >= 11 is 0. The van der Waals surface area contributed by atoms with Crippen LogP contribution in [0.5, 0.6) is 23.0 Å². The van der Waals surface area contributed by atoms with Crippen molar-refractivity contribution in [1.29, 1.82) is 0 Å². The van der Waals surface area contributed by atoms with E-state index in [9.17, 15) is 20.4 Å². The molecule has 1 aliphatic heterocycles. The van der Waals surface area contributed by atoms with Crippen LogP contribution < -0.4 is 4.74 Å². The van der Waals surface area contributed by atoms with Gasteiger partial charge in [0.15, 0.2) is 0 Å². The first-order chi connectivity index (χ1) is 9.54. The summed E-state index contributed by atoms with van der Waals surface area (Å²) in [4.78, 5) is 0.